The van der Waals surface area contributed by atoms with Crippen LogP contribution in [0.25, 0.3) is 0 Å². The number of hydrogen-bond donors (Lipinski definition) is 2. The van der Waals surface area contributed by atoms with Crippen molar-refractivity contribution in [2.75, 3.05) is 32.7 Å². The number of amides is 1. The third-order valence-corrected chi connectivity index (χ3v) is 6.98. The number of carbonyl (C=O) groups is 1. The van der Waals surface area contributed by atoms with Crippen molar-refractivity contribution >= 4 is 6.09 Å². The van der Waals surface area contributed by atoms with Gasteiger partial charge >= 0.3 is 6.09 Å². The lowest BCUT2D eigenvalue weighted by Gasteiger charge is -2.43. The zero-order valence-electron chi connectivity index (χ0n) is 18.7. The van der Waals surface area contributed by atoms with Crippen molar-refractivity contribution in [2.45, 2.75) is 50.2 Å². The average Bonchev–Trinajstić information content (AvgIpc) is 2.83. The lowest BCUT2D eigenvalue weighted by atomic mass is 9.72. The van der Waals surface area contributed by atoms with Gasteiger partial charge < -0.3 is 19.8 Å². The van der Waals surface area contributed by atoms with E-state index in [1.807, 2.05) is 42.5 Å². The molecule has 4 rings (SSSR count). The number of piperazine rings is 1. The van der Waals surface area contributed by atoms with Gasteiger partial charge in [-0.2, -0.15) is 0 Å². The first-order valence-electron chi connectivity index (χ1n) is 11.7. The second-order valence-electron chi connectivity index (χ2n) is 9.13. The third kappa shape index (κ3) is 5.61. The zero-order chi connectivity index (χ0) is 22.4. The fourth-order valence-electron chi connectivity index (χ4n) is 5.02. The summed E-state index contributed by atoms with van der Waals surface area (Å²) < 4.78 is 5.95. The Labute approximate surface area is 190 Å². The number of rotatable bonds is 7. The molecule has 1 amide bonds. The van der Waals surface area contributed by atoms with Gasteiger partial charge in [0.1, 0.15) is 12.4 Å². The van der Waals surface area contributed by atoms with Crippen LogP contribution in [0.1, 0.15) is 49.1 Å². The Morgan fingerprint density at radius 2 is 1.59 bits per heavy atom. The minimum Gasteiger partial charge on any atom is -0.489 e. The summed E-state index contributed by atoms with van der Waals surface area (Å²) in [4.78, 5) is 15.0. The van der Waals surface area contributed by atoms with Gasteiger partial charge in [0.2, 0.25) is 0 Å². The van der Waals surface area contributed by atoms with Crippen molar-refractivity contribution in [1.82, 2.24) is 9.80 Å². The molecule has 6 nitrogen and oxygen atoms in total. The average molecular weight is 439 g/mol. The molecule has 0 aromatic heterocycles. The van der Waals surface area contributed by atoms with Crippen LogP contribution in [0.3, 0.4) is 0 Å². The van der Waals surface area contributed by atoms with Crippen molar-refractivity contribution in [2.24, 2.45) is 0 Å². The molecule has 1 saturated heterocycles. The number of benzene rings is 2. The molecule has 1 saturated carbocycles. The molecular formula is C26H34N2O4. The minimum atomic E-state index is -0.849. The van der Waals surface area contributed by atoms with E-state index in [4.69, 9.17) is 4.74 Å². The lowest BCUT2D eigenvalue weighted by molar-refractivity contribution is -0.0338. The van der Waals surface area contributed by atoms with Crippen molar-refractivity contribution in [3.8, 4) is 5.75 Å². The Hall–Kier alpha value is -2.57. The molecule has 2 aromatic carbocycles. The zero-order valence-corrected chi connectivity index (χ0v) is 18.7. The van der Waals surface area contributed by atoms with Crippen LogP contribution < -0.4 is 4.74 Å². The minimum absolute atomic E-state index is 0.00218. The van der Waals surface area contributed by atoms with Crippen LogP contribution in [-0.4, -0.2) is 64.4 Å². The number of ether oxygens (including phenoxy) is 1. The van der Waals surface area contributed by atoms with Gasteiger partial charge in [-0.15, -0.1) is 0 Å². The summed E-state index contributed by atoms with van der Waals surface area (Å²) in [6, 6.07) is 18.3. The second-order valence-corrected chi connectivity index (χ2v) is 9.13. The predicted octanol–water partition coefficient (Wildman–Crippen LogP) is 4.34. The standard InChI is InChI=1S/C26H34N2O4/c29-25(30)28-17-15-27(16-18-28)19-24(26(31)13-5-2-6-14-26)22-9-11-23(12-10-22)32-20-21-7-3-1-4-8-21/h1,3-4,7-12,24,31H,2,5-6,13-20H2,(H,29,30). The Morgan fingerprint density at radius 1 is 0.938 bits per heavy atom. The number of nitrogens with zero attached hydrogens (tertiary/aromatic N) is 2. The Bertz CT molecular complexity index is 857. The molecule has 0 radical (unpaired) electrons. The Kier molecular flexibility index (Phi) is 7.33. The van der Waals surface area contributed by atoms with Crippen molar-refractivity contribution in [3.63, 3.8) is 0 Å². The summed E-state index contributed by atoms with van der Waals surface area (Å²) in [5.41, 5.74) is 1.54. The quantitative estimate of drug-likeness (QED) is 0.673. The largest absolute Gasteiger partial charge is 0.489 e. The molecule has 1 aliphatic heterocycles. The van der Waals surface area contributed by atoms with Gasteiger partial charge in [-0.25, -0.2) is 4.79 Å². The molecule has 1 unspecified atom stereocenters. The summed E-state index contributed by atoms with van der Waals surface area (Å²) in [6.07, 6.45) is 4.07. The van der Waals surface area contributed by atoms with Gasteiger partial charge in [-0.05, 0) is 36.1 Å². The number of aliphatic hydroxyl groups is 1. The highest BCUT2D eigenvalue weighted by atomic mass is 16.5. The molecule has 0 bridgehead atoms. The van der Waals surface area contributed by atoms with E-state index in [9.17, 15) is 15.0 Å². The highest BCUT2D eigenvalue weighted by molar-refractivity contribution is 5.65. The molecule has 1 aliphatic carbocycles. The fourth-order valence-corrected chi connectivity index (χ4v) is 5.02. The van der Waals surface area contributed by atoms with E-state index in [2.05, 4.69) is 17.0 Å². The fraction of sp³-hybridized carbons (Fsp3) is 0.500. The molecule has 1 heterocycles. The van der Waals surface area contributed by atoms with Crippen LogP contribution in [0.5, 0.6) is 5.75 Å². The van der Waals surface area contributed by atoms with Crippen LogP contribution in [0, 0.1) is 0 Å². The van der Waals surface area contributed by atoms with Crippen LogP contribution in [0.15, 0.2) is 54.6 Å². The highest BCUT2D eigenvalue weighted by Gasteiger charge is 2.40. The Morgan fingerprint density at radius 3 is 2.22 bits per heavy atom. The van der Waals surface area contributed by atoms with E-state index in [0.717, 1.165) is 49.1 Å². The summed E-state index contributed by atoms with van der Waals surface area (Å²) in [5.74, 6) is 0.824. The molecular weight excluding hydrogens is 404 g/mol. The molecule has 2 fully saturated rings. The van der Waals surface area contributed by atoms with Gasteiger partial charge in [0.15, 0.2) is 0 Å². The van der Waals surface area contributed by atoms with E-state index in [1.165, 1.54) is 11.3 Å². The normalized spacial score (nSPS) is 20.0. The molecule has 6 heteroatoms. The molecule has 32 heavy (non-hydrogen) atoms. The molecule has 0 spiro atoms. The maximum absolute atomic E-state index is 11.6. The van der Waals surface area contributed by atoms with Gasteiger partial charge in [0, 0.05) is 38.6 Å². The SMILES string of the molecule is O=C(O)N1CCN(CC(c2ccc(OCc3ccccc3)cc2)C2(O)CCCCC2)CC1. The molecule has 1 atom stereocenters. The number of hydrogen-bond acceptors (Lipinski definition) is 4. The topological polar surface area (TPSA) is 73.2 Å². The first-order chi connectivity index (χ1) is 15.5. The summed E-state index contributed by atoms with van der Waals surface area (Å²) in [7, 11) is 0. The van der Waals surface area contributed by atoms with Crippen molar-refractivity contribution < 1.29 is 19.7 Å². The third-order valence-electron chi connectivity index (χ3n) is 6.98. The maximum atomic E-state index is 11.6. The second kappa shape index (κ2) is 10.4. The highest BCUT2D eigenvalue weighted by Crippen LogP contribution is 2.41. The van der Waals surface area contributed by atoms with Crippen molar-refractivity contribution in [3.05, 3.63) is 65.7 Å². The Balaban J connectivity index is 1.45. The van der Waals surface area contributed by atoms with Gasteiger partial charge in [-0.3, -0.25) is 4.90 Å². The lowest BCUT2D eigenvalue weighted by Crippen LogP contribution is -2.51. The van der Waals surface area contributed by atoms with E-state index in [-0.39, 0.29) is 5.92 Å². The molecule has 2 N–H and O–H groups in total. The smallest absolute Gasteiger partial charge is 0.407 e. The van der Waals surface area contributed by atoms with E-state index in [1.54, 1.807) is 0 Å². The molecule has 2 aliphatic rings. The summed E-state index contributed by atoms with van der Waals surface area (Å²) in [6.45, 7) is 3.73. The predicted molar refractivity (Wildman–Crippen MR) is 124 cm³/mol. The molecule has 172 valence electrons. The summed E-state index contributed by atoms with van der Waals surface area (Å²) >= 11 is 0. The van der Waals surface area contributed by atoms with Crippen LogP contribution in [0.2, 0.25) is 0 Å². The van der Waals surface area contributed by atoms with E-state index < -0.39 is 11.7 Å². The van der Waals surface area contributed by atoms with Gasteiger partial charge in [0.05, 0.1) is 5.60 Å². The van der Waals surface area contributed by atoms with Crippen LogP contribution in [-0.2, 0) is 6.61 Å². The summed E-state index contributed by atoms with van der Waals surface area (Å²) in [5, 5.41) is 20.8. The number of carboxylic acid groups (broad SMARTS) is 1. The van der Waals surface area contributed by atoms with Crippen LogP contribution in [0.4, 0.5) is 4.79 Å². The van der Waals surface area contributed by atoms with E-state index in [0.29, 0.717) is 32.8 Å². The monoisotopic (exact) mass is 438 g/mol. The van der Waals surface area contributed by atoms with Crippen molar-refractivity contribution in [1.29, 1.82) is 0 Å². The van der Waals surface area contributed by atoms with Crippen LogP contribution >= 0.6 is 0 Å². The van der Waals surface area contributed by atoms with E-state index >= 15 is 0 Å². The van der Waals surface area contributed by atoms with Gasteiger partial charge in [0.25, 0.3) is 0 Å². The first-order valence-corrected chi connectivity index (χ1v) is 11.7. The maximum Gasteiger partial charge on any atom is 0.407 e. The molecule has 2 aromatic rings. The first kappa shape index (κ1) is 22.6. The van der Waals surface area contributed by atoms with Gasteiger partial charge in [-0.1, -0.05) is 61.7 Å².